The van der Waals surface area contributed by atoms with Gasteiger partial charge in [-0.05, 0) is 38.0 Å². The van der Waals surface area contributed by atoms with E-state index in [-0.39, 0.29) is 11.6 Å². The molecular weight excluding hydrogens is 368 g/mol. The van der Waals surface area contributed by atoms with Gasteiger partial charge in [0.2, 0.25) is 10.0 Å². The second kappa shape index (κ2) is 7.20. The van der Waals surface area contributed by atoms with Gasteiger partial charge in [-0.3, -0.25) is 4.79 Å². The monoisotopic (exact) mass is 383 g/mol. The van der Waals surface area contributed by atoms with Gasteiger partial charge in [0.05, 0.1) is 5.92 Å². The molecule has 0 amide bonds. The van der Waals surface area contributed by atoms with Crippen LogP contribution in [0.3, 0.4) is 0 Å². The van der Waals surface area contributed by atoms with Crippen LogP contribution in [-0.4, -0.2) is 43.0 Å². The van der Waals surface area contributed by atoms with Crippen molar-refractivity contribution >= 4 is 27.6 Å². The number of nitrogens with zero attached hydrogens (tertiary/aromatic N) is 1. The molecule has 0 spiro atoms. The number of hydrogen-bond acceptors (Lipinski definition) is 4. The Morgan fingerprint density at radius 3 is 2.71 bits per heavy atom. The zero-order valence-corrected chi connectivity index (χ0v) is 14.2. The Kier molecular flexibility index (Phi) is 5.67. The minimum atomic E-state index is -4.25. The van der Waals surface area contributed by atoms with Crippen LogP contribution in [0.25, 0.3) is 0 Å². The largest absolute Gasteiger partial charge is 0.481 e. The predicted octanol–water partition coefficient (Wildman–Crippen LogP) is 2.82. The summed E-state index contributed by atoms with van der Waals surface area (Å²) in [5.74, 6) is -2.50. The Hall–Kier alpha value is -1.45. The maximum Gasteiger partial charge on any atom is 0.387 e. The molecule has 1 aromatic carbocycles. The van der Waals surface area contributed by atoms with Crippen molar-refractivity contribution in [2.24, 2.45) is 5.92 Å². The first-order valence-corrected chi connectivity index (χ1v) is 8.95. The normalized spacial score (nSPS) is 22.5. The molecule has 1 N–H and O–H groups in total. The molecule has 24 heavy (non-hydrogen) atoms. The van der Waals surface area contributed by atoms with Crippen molar-refractivity contribution in [1.82, 2.24) is 4.31 Å². The fourth-order valence-electron chi connectivity index (χ4n) is 2.78. The number of ether oxygens (including phenoxy) is 1. The summed E-state index contributed by atoms with van der Waals surface area (Å²) in [6.07, 6.45) is 0.699. The first-order valence-electron chi connectivity index (χ1n) is 7.13. The van der Waals surface area contributed by atoms with Gasteiger partial charge in [0.25, 0.3) is 0 Å². The van der Waals surface area contributed by atoms with Crippen LogP contribution >= 0.6 is 11.6 Å². The molecule has 0 radical (unpaired) electrons. The van der Waals surface area contributed by atoms with Gasteiger partial charge >= 0.3 is 12.6 Å². The Morgan fingerprint density at radius 1 is 1.46 bits per heavy atom. The second-order valence-corrected chi connectivity index (χ2v) is 7.71. The number of rotatable bonds is 5. The van der Waals surface area contributed by atoms with Crippen molar-refractivity contribution in [1.29, 1.82) is 0 Å². The third-order valence-corrected chi connectivity index (χ3v) is 6.20. The van der Waals surface area contributed by atoms with Crippen LogP contribution in [0.15, 0.2) is 23.1 Å². The summed E-state index contributed by atoms with van der Waals surface area (Å²) in [5.41, 5.74) is 0. The van der Waals surface area contributed by atoms with E-state index in [4.69, 9.17) is 11.6 Å². The molecule has 1 heterocycles. The molecule has 0 aromatic heterocycles. The highest BCUT2D eigenvalue weighted by molar-refractivity contribution is 7.89. The smallest absolute Gasteiger partial charge is 0.387 e. The summed E-state index contributed by atoms with van der Waals surface area (Å²) in [6, 6.07) is 2.48. The first kappa shape index (κ1) is 18.9. The fourth-order valence-corrected chi connectivity index (χ4v) is 4.87. The number of carboxylic acid groups (broad SMARTS) is 1. The van der Waals surface area contributed by atoms with Crippen molar-refractivity contribution in [3.8, 4) is 5.75 Å². The van der Waals surface area contributed by atoms with Crippen LogP contribution < -0.4 is 4.74 Å². The van der Waals surface area contributed by atoms with Crippen molar-refractivity contribution in [3.05, 3.63) is 23.2 Å². The van der Waals surface area contributed by atoms with Crippen LogP contribution in [0.2, 0.25) is 5.02 Å². The molecule has 1 fully saturated rings. The molecule has 1 aliphatic heterocycles. The number of carbonyl (C=O) groups is 1. The van der Waals surface area contributed by atoms with E-state index in [0.29, 0.717) is 12.8 Å². The number of halogens is 3. The molecule has 0 bridgehead atoms. The number of carboxylic acids is 1. The molecule has 0 unspecified atom stereocenters. The van der Waals surface area contributed by atoms with E-state index in [9.17, 15) is 27.1 Å². The van der Waals surface area contributed by atoms with Crippen LogP contribution in [0.4, 0.5) is 8.78 Å². The van der Waals surface area contributed by atoms with Gasteiger partial charge in [-0.25, -0.2) is 8.42 Å². The van der Waals surface area contributed by atoms with Crippen molar-refractivity contribution in [2.75, 3.05) is 6.54 Å². The Balaban J connectivity index is 2.46. The SMILES string of the molecule is C[C@@H]1[C@H](C(=O)O)CCCN1S(=O)(=O)c1cc(Cl)ccc1OC(F)F. The fraction of sp³-hybridized carbons (Fsp3) is 0.500. The van der Waals surface area contributed by atoms with E-state index in [1.165, 1.54) is 13.0 Å². The average Bonchev–Trinajstić information content (AvgIpc) is 2.48. The van der Waals surface area contributed by atoms with Gasteiger partial charge < -0.3 is 9.84 Å². The molecule has 1 aliphatic rings. The summed E-state index contributed by atoms with van der Waals surface area (Å²) < 4.78 is 56.1. The minimum Gasteiger partial charge on any atom is -0.481 e. The lowest BCUT2D eigenvalue weighted by Crippen LogP contribution is -2.49. The van der Waals surface area contributed by atoms with E-state index in [2.05, 4.69) is 4.74 Å². The Bertz CT molecular complexity index is 728. The molecule has 1 saturated heterocycles. The number of hydrogen-bond donors (Lipinski definition) is 1. The van der Waals surface area contributed by atoms with E-state index in [0.717, 1.165) is 16.4 Å². The molecule has 134 valence electrons. The number of alkyl halides is 2. The molecule has 2 rings (SSSR count). The van der Waals surface area contributed by atoms with Gasteiger partial charge in [-0.1, -0.05) is 11.6 Å². The summed E-state index contributed by atoms with van der Waals surface area (Å²) in [4.78, 5) is 10.8. The van der Waals surface area contributed by atoms with Crippen molar-refractivity contribution in [2.45, 2.75) is 37.3 Å². The van der Waals surface area contributed by atoms with Crippen LogP contribution in [0.5, 0.6) is 5.75 Å². The van der Waals surface area contributed by atoms with Gasteiger partial charge in [0.15, 0.2) is 0 Å². The average molecular weight is 384 g/mol. The summed E-state index contributed by atoms with van der Waals surface area (Å²) in [5, 5.41) is 9.25. The van der Waals surface area contributed by atoms with Crippen LogP contribution in [0.1, 0.15) is 19.8 Å². The van der Waals surface area contributed by atoms with E-state index in [1.54, 1.807) is 0 Å². The lowest BCUT2D eigenvalue weighted by atomic mass is 9.92. The summed E-state index contributed by atoms with van der Waals surface area (Å²) in [7, 11) is -4.25. The highest BCUT2D eigenvalue weighted by Gasteiger charge is 2.40. The highest BCUT2D eigenvalue weighted by Crippen LogP contribution is 2.35. The highest BCUT2D eigenvalue weighted by atomic mass is 35.5. The summed E-state index contributed by atoms with van der Waals surface area (Å²) in [6.45, 7) is -1.63. The molecule has 0 saturated carbocycles. The van der Waals surface area contributed by atoms with E-state index < -0.39 is 45.2 Å². The molecule has 2 atom stereocenters. The quantitative estimate of drug-likeness (QED) is 0.845. The number of benzene rings is 1. The molecular formula is C14H16ClF2NO5S. The van der Waals surface area contributed by atoms with Gasteiger partial charge in [0, 0.05) is 17.6 Å². The zero-order valence-electron chi connectivity index (χ0n) is 12.7. The maximum atomic E-state index is 12.9. The van der Waals surface area contributed by atoms with Crippen LogP contribution in [0, 0.1) is 5.92 Å². The van der Waals surface area contributed by atoms with E-state index >= 15 is 0 Å². The van der Waals surface area contributed by atoms with E-state index in [1.807, 2.05) is 0 Å². The van der Waals surface area contributed by atoms with Gasteiger partial charge in [0.1, 0.15) is 10.6 Å². The number of aliphatic carboxylic acids is 1. The minimum absolute atomic E-state index is 0.0367. The molecule has 0 aliphatic carbocycles. The molecule has 6 nitrogen and oxygen atoms in total. The predicted molar refractivity (Wildman–Crippen MR) is 81.8 cm³/mol. The molecule has 1 aromatic rings. The first-order chi connectivity index (χ1) is 11.1. The lowest BCUT2D eigenvalue weighted by Gasteiger charge is -2.36. The maximum absolute atomic E-state index is 12.9. The van der Waals surface area contributed by atoms with Gasteiger partial charge in [-0.2, -0.15) is 13.1 Å². The second-order valence-electron chi connectivity index (χ2n) is 5.41. The van der Waals surface area contributed by atoms with Gasteiger partial charge in [-0.15, -0.1) is 0 Å². The Labute approximate surface area is 143 Å². The van der Waals surface area contributed by atoms with Crippen LogP contribution in [-0.2, 0) is 14.8 Å². The lowest BCUT2D eigenvalue weighted by molar-refractivity contribution is -0.144. The van der Waals surface area contributed by atoms with Crippen molar-refractivity contribution in [3.63, 3.8) is 0 Å². The third kappa shape index (κ3) is 3.79. The number of piperidine rings is 1. The topological polar surface area (TPSA) is 83.9 Å². The number of sulfonamides is 1. The third-order valence-electron chi connectivity index (χ3n) is 3.96. The van der Waals surface area contributed by atoms with Crippen molar-refractivity contribution < 1.29 is 31.8 Å². The zero-order chi connectivity index (χ0) is 18.1. The Morgan fingerprint density at radius 2 is 2.12 bits per heavy atom. The standard InChI is InChI=1S/C14H16ClF2NO5S/c1-8-10(13(19)20)3-2-6-18(8)24(21,22)12-7-9(15)4-5-11(12)23-14(16)17/h4-5,7-8,10,14H,2-3,6H2,1H3,(H,19,20)/t8-,10-/m1/s1. The molecule has 10 heteroatoms. The summed E-state index contributed by atoms with van der Waals surface area (Å²) >= 11 is 5.79.